The van der Waals surface area contributed by atoms with Gasteiger partial charge in [-0.2, -0.15) is 10.1 Å². The van der Waals surface area contributed by atoms with Gasteiger partial charge in [-0.25, -0.2) is 0 Å². The second-order valence-corrected chi connectivity index (χ2v) is 5.46. The summed E-state index contributed by atoms with van der Waals surface area (Å²) >= 11 is 0. The summed E-state index contributed by atoms with van der Waals surface area (Å²) in [6.45, 7) is 4.84. The molecular weight excluding hydrogens is 300 g/mol. The van der Waals surface area contributed by atoms with Gasteiger partial charge in [0.2, 0.25) is 5.95 Å². The largest absolute Gasteiger partial charge is 0.349 e. The van der Waals surface area contributed by atoms with Crippen molar-refractivity contribution in [2.45, 2.75) is 26.8 Å². The maximum absolute atomic E-state index is 4.49. The van der Waals surface area contributed by atoms with E-state index in [4.69, 9.17) is 0 Å². The summed E-state index contributed by atoms with van der Waals surface area (Å²) in [5.41, 5.74) is 4.62. The van der Waals surface area contributed by atoms with Gasteiger partial charge in [0.1, 0.15) is 0 Å². The minimum Gasteiger partial charge on any atom is -0.349 e. The first-order chi connectivity index (χ1) is 11.8. The Morgan fingerprint density at radius 3 is 2.71 bits per heavy atom. The van der Waals surface area contributed by atoms with Gasteiger partial charge in [-0.05, 0) is 42.2 Å². The maximum atomic E-state index is 4.49. The van der Waals surface area contributed by atoms with E-state index in [1.807, 2.05) is 12.1 Å². The van der Waals surface area contributed by atoms with Gasteiger partial charge in [-0.15, -0.1) is 5.10 Å². The zero-order chi connectivity index (χ0) is 16.8. The fraction of sp³-hybridized carbons (Fsp3) is 0.222. The van der Waals surface area contributed by atoms with Crippen molar-refractivity contribution in [1.82, 2.24) is 20.2 Å². The van der Waals surface area contributed by atoms with Crippen LogP contribution in [0.3, 0.4) is 0 Å². The third kappa shape index (κ3) is 3.84. The molecular formula is C18H20N6. The summed E-state index contributed by atoms with van der Waals surface area (Å²) in [6, 6.07) is 10.2. The van der Waals surface area contributed by atoms with Gasteiger partial charge in [0, 0.05) is 24.6 Å². The summed E-state index contributed by atoms with van der Waals surface area (Å²) in [6.07, 6.45) is 6.11. The monoisotopic (exact) mass is 320 g/mol. The normalized spacial score (nSPS) is 10.4. The minimum absolute atomic E-state index is 0.489. The number of rotatable bonds is 6. The molecule has 0 saturated carbocycles. The Bertz CT molecular complexity index is 804. The number of hydrogen-bond acceptors (Lipinski definition) is 6. The molecule has 0 bridgehead atoms. The molecule has 0 unspecified atom stereocenters. The Morgan fingerprint density at radius 1 is 1.08 bits per heavy atom. The lowest BCUT2D eigenvalue weighted by atomic mass is 10.1. The van der Waals surface area contributed by atoms with E-state index in [9.17, 15) is 0 Å². The standard InChI is InChI=1S/C18H20N6/c1-3-15-6-4-5-13(2)17(15)22-16-12-21-24-18(23-16)20-11-14-7-9-19-10-8-14/h4-10,12H,3,11H2,1-2H3,(H2,20,22,23,24). The van der Waals surface area contributed by atoms with E-state index in [1.54, 1.807) is 18.6 Å². The van der Waals surface area contributed by atoms with Crippen LogP contribution in [0, 0.1) is 6.92 Å². The molecule has 0 atom stereocenters. The number of nitrogens with one attached hydrogen (secondary N) is 2. The Labute approximate surface area is 141 Å². The van der Waals surface area contributed by atoms with E-state index in [-0.39, 0.29) is 0 Å². The summed E-state index contributed by atoms with van der Waals surface area (Å²) < 4.78 is 0. The molecule has 2 N–H and O–H groups in total. The van der Waals surface area contributed by atoms with Gasteiger partial charge in [0.25, 0.3) is 0 Å². The zero-order valence-corrected chi connectivity index (χ0v) is 13.8. The molecule has 0 aliphatic carbocycles. The maximum Gasteiger partial charge on any atom is 0.244 e. The second-order valence-electron chi connectivity index (χ2n) is 5.46. The number of anilines is 3. The quantitative estimate of drug-likeness (QED) is 0.724. The Balaban J connectivity index is 1.74. The van der Waals surface area contributed by atoms with E-state index in [0.717, 1.165) is 17.7 Å². The second kappa shape index (κ2) is 7.50. The van der Waals surface area contributed by atoms with Gasteiger partial charge in [0.15, 0.2) is 5.82 Å². The van der Waals surface area contributed by atoms with E-state index in [2.05, 4.69) is 62.8 Å². The first-order valence-corrected chi connectivity index (χ1v) is 7.94. The van der Waals surface area contributed by atoms with E-state index in [1.165, 1.54) is 11.1 Å². The number of pyridine rings is 1. The molecule has 6 nitrogen and oxygen atoms in total. The molecule has 122 valence electrons. The van der Waals surface area contributed by atoms with Crippen LogP contribution in [0.1, 0.15) is 23.6 Å². The third-order valence-corrected chi connectivity index (χ3v) is 3.75. The molecule has 0 aliphatic rings. The third-order valence-electron chi connectivity index (χ3n) is 3.75. The van der Waals surface area contributed by atoms with Crippen molar-refractivity contribution in [3.05, 3.63) is 65.6 Å². The average molecular weight is 320 g/mol. The predicted molar refractivity (Wildman–Crippen MR) is 95.2 cm³/mol. The number of para-hydroxylation sites is 1. The summed E-state index contributed by atoms with van der Waals surface area (Å²) in [7, 11) is 0. The lowest BCUT2D eigenvalue weighted by molar-refractivity contribution is 0.947. The van der Waals surface area contributed by atoms with Crippen LogP contribution >= 0.6 is 0 Å². The minimum atomic E-state index is 0.489. The van der Waals surface area contributed by atoms with Crippen molar-refractivity contribution < 1.29 is 0 Å². The van der Waals surface area contributed by atoms with Crippen LogP contribution in [0.15, 0.2) is 48.9 Å². The lowest BCUT2D eigenvalue weighted by Gasteiger charge is -2.13. The highest BCUT2D eigenvalue weighted by atomic mass is 15.3. The van der Waals surface area contributed by atoms with Crippen LogP contribution in [0.4, 0.5) is 17.5 Å². The molecule has 24 heavy (non-hydrogen) atoms. The van der Waals surface area contributed by atoms with Gasteiger partial charge < -0.3 is 10.6 Å². The fourth-order valence-electron chi connectivity index (χ4n) is 2.45. The molecule has 2 aromatic heterocycles. The fourth-order valence-corrected chi connectivity index (χ4v) is 2.45. The average Bonchev–Trinajstić information content (AvgIpc) is 2.63. The van der Waals surface area contributed by atoms with Crippen molar-refractivity contribution in [3.8, 4) is 0 Å². The predicted octanol–water partition coefficient (Wildman–Crippen LogP) is 3.49. The van der Waals surface area contributed by atoms with Crippen LogP contribution < -0.4 is 10.6 Å². The number of nitrogens with zero attached hydrogens (tertiary/aromatic N) is 4. The Hall–Kier alpha value is -3.02. The van der Waals surface area contributed by atoms with Gasteiger partial charge in [-0.3, -0.25) is 4.98 Å². The van der Waals surface area contributed by atoms with Crippen molar-refractivity contribution in [2.75, 3.05) is 10.6 Å². The molecule has 6 heteroatoms. The Kier molecular flexibility index (Phi) is 4.96. The molecule has 2 heterocycles. The molecule has 3 aromatic rings. The van der Waals surface area contributed by atoms with Crippen molar-refractivity contribution >= 4 is 17.5 Å². The SMILES string of the molecule is CCc1cccc(C)c1Nc1cnnc(NCc2ccncc2)n1. The molecule has 0 radical (unpaired) electrons. The molecule has 0 amide bonds. The summed E-state index contributed by atoms with van der Waals surface area (Å²) in [4.78, 5) is 8.49. The topological polar surface area (TPSA) is 75.6 Å². The molecule has 0 fully saturated rings. The summed E-state index contributed by atoms with van der Waals surface area (Å²) in [5.74, 6) is 1.16. The van der Waals surface area contributed by atoms with Crippen molar-refractivity contribution in [3.63, 3.8) is 0 Å². The van der Waals surface area contributed by atoms with E-state index in [0.29, 0.717) is 18.3 Å². The van der Waals surface area contributed by atoms with Gasteiger partial charge in [-0.1, -0.05) is 25.1 Å². The van der Waals surface area contributed by atoms with Gasteiger partial charge in [0.05, 0.1) is 6.20 Å². The van der Waals surface area contributed by atoms with Crippen LogP contribution in [-0.2, 0) is 13.0 Å². The van der Waals surface area contributed by atoms with Crippen LogP contribution in [0.25, 0.3) is 0 Å². The molecule has 0 spiro atoms. The number of aryl methyl sites for hydroxylation is 2. The first-order valence-electron chi connectivity index (χ1n) is 7.94. The molecule has 0 saturated heterocycles. The highest BCUT2D eigenvalue weighted by Crippen LogP contribution is 2.24. The summed E-state index contributed by atoms with van der Waals surface area (Å²) in [5, 5.41) is 14.6. The number of benzene rings is 1. The first kappa shape index (κ1) is 15.9. The Morgan fingerprint density at radius 2 is 1.92 bits per heavy atom. The van der Waals surface area contributed by atoms with Crippen LogP contribution in [-0.4, -0.2) is 20.2 Å². The smallest absolute Gasteiger partial charge is 0.244 e. The van der Waals surface area contributed by atoms with Crippen molar-refractivity contribution in [2.24, 2.45) is 0 Å². The van der Waals surface area contributed by atoms with Crippen LogP contribution in [0.5, 0.6) is 0 Å². The molecule has 0 aliphatic heterocycles. The highest BCUT2D eigenvalue weighted by molar-refractivity contribution is 5.64. The van der Waals surface area contributed by atoms with E-state index < -0.39 is 0 Å². The van der Waals surface area contributed by atoms with E-state index >= 15 is 0 Å². The lowest BCUT2D eigenvalue weighted by Crippen LogP contribution is -2.07. The zero-order valence-electron chi connectivity index (χ0n) is 13.8. The molecule has 3 rings (SSSR count). The van der Waals surface area contributed by atoms with Gasteiger partial charge >= 0.3 is 0 Å². The number of aromatic nitrogens is 4. The number of hydrogen-bond donors (Lipinski definition) is 2. The van der Waals surface area contributed by atoms with Crippen LogP contribution in [0.2, 0.25) is 0 Å². The highest BCUT2D eigenvalue weighted by Gasteiger charge is 2.07. The van der Waals surface area contributed by atoms with Crippen molar-refractivity contribution in [1.29, 1.82) is 0 Å². The molecule has 1 aromatic carbocycles.